The minimum atomic E-state index is -3.58. The molecule has 1 aromatic heterocycles. The predicted octanol–water partition coefficient (Wildman–Crippen LogP) is 1.87. The molecule has 0 aromatic carbocycles. The molecule has 0 aliphatic heterocycles. The van der Waals surface area contributed by atoms with Crippen LogP contribution in [0.4, 0.5) is 0 Å². The zero-order valence-corrected chi connectivity index (χ0v) is 12.5. The van der Waals surface area contributed by atoms with Crippen LogP contribution in [0.25, 0.3) is 0 Å². The maximum absolute atomic E-state index is 11.8. The van der Waals surface area contributed by atoms with Crippen LogP contribution in [0.5, 0.6) is 0 Å². The highest BCUT2D eigenvalue weighted by molar-refractivity contribution is 7.99. The number of sulfonamides is 1. The van der Waals surface area contributed by atoms with Crippen molar-refractivity contribution in [1.82, 2.24) is 4.72 Å². The average molecular weight is 309 g/mol. The molecule has 0 fully saturated rings. The SMILES string of the molecule is CSC(C)CCNS(=O)(=O)c1cc(C(=O)O)cs1. The maximum Gasteiger partial charge on any atom is 0.336 e. The topological polar surface area (TPSA) is 83.5 Å². The van der Waals surface area contributed by atoms with E-state index in [-0.39, 0.29) is 9.77 Å². The molecular weight excluding hydrogens is 294 g/mol. The summed E-state index contributed by atoms with van der Waals surface area (Å²) in [5, 5.41) is 10.4. The summed E-state index contributed by atoms with van der Waals surface area (Å²) in [4.78, 5) is 10.7. The van der Waals surface area contributed by atoms with Crippen LogP contribution in [-0.4, -0.2) is 37.5 Å². The first-order valence-corrected chi connectivity index (χ1v) is 8.86. The van der Waals surface area contributed by atoms with E-state index in [0.717, 1.165) is 17.8 Å². The van der Waals surface area contributed by atoms with Crippen molar-refractivity contribution in [2.75, 3.05) is 12.8 Å². The van der Waals surface area contributed by atoms with E-state index in [1.807, 2.05) is 13.2 Å². The third kappa shape index (κ3) is 4.27. The summed E-state index contributed by atoms with van der Waals surface area (Å²) < 4.78 is 26.2. The van der Waals surface area contributed by atoms with Crippen LogP contribution in [0.3, 0.4) is 0 Å². The maximum atomic E-state index is 11.8. The minimum absolute atomic E-state index is 0.00198. The van der Waals surface area contributed by atoms with E-state index in [1.165, 1.54) is 11.4 Å². The van der Waals surface area contributed by atoms with Crippen LogP contribution in [0.2, 0.25) is 0 Å². The lowest BCUT2D eigenvalue weighted by atomic mass is 10.3. The van der Waals surface area contributed by atoms with E-state index >= 15 is 0 Å². The fraction of sp³-hybridized carbons (Fsp3) is 0.500. The van der Waals surface area contributed by atoms with Crippen LogP contribution in [-0.2, 0) is 10.0 Å². The molecule has 8 heteroatoms. The molecule has 0 aliphatic carbocycles. The number of thioether (sulfide) groups is 1. The molecule has 0 bridgehead atoms. The predicted molar refractivity (Wildman–Crippen MR) is 74.1 cm³/mol. The van der Waals surface area contributed by atoms with Gasteiger partial charge in [0.2, 0.25) is 10.0 Å². The lowest BCUT2D eigenvalue weighted by molar-refractivity contribution is 0.0697. The van der Waals surface area contributed by atoms with Crippen LogP contribution >= 0.6 is 23.1 Å². The van der Waals surface area contributed by atoms with Gasteiger partial charge in [-0.25, -0.2) is 17.9 Å². The van der Waals surface area contributed by atoms with Gasteiger partial charge in [-0.15, -0.1) is 11.3 Å². The summed E-state index contributed by atoms with van der Waals surface area (Å²) >= 11 is 2.58. The number of thiophene rings is 1. The second kappa shape index (κ2) is 6.55. The zero-order valence-electron chi connectivity index (χ0n) is 10.0. The van der Waals surface area contributed by atoms with E-state index in [9.17, 15) is 13.2 Å². The molecule has 0 radical (unpaired) electrons. The largest absolute Gasteiger partial charge is 0.478 e. The average Bonchev–Trinajstić information content (AvgIpc) is 2.78. The number of carbonyl (C=O) groups is 1. The highest BCUT2D eigenvalue weighted by Crippen LogP contribution is 2.20. The molecule has 0 amide bonds. The monoisotopic (exact) mass is 309 g/mol. The fourth-order valence-corrected chi connectivity index (χ4v) is 3.75. The van der Waals surface area contributed by atoms with Gasteiger partial charge in [0.25, 0.3) is 0 Å². The Labute approximate surface area is 115 Å². The normalized spacial score (nSPS) is 13.4. The number of hydrogen-bond acceptors (Lipinski definition) is 5. The van der Waals surface area contributed by atoms with Crippen molar-refractivity contribution in [3.63, 3.8) is 0 Å². The minimum Gasteiger partial charge on any atom is -0.478 e. The molecule has 102 valence electrons. The smallest absolute Gasteiger partial charge is 0.336 e. The quantitative estimate of drug-likeness (QED) is 0.803. The van der Waals surface area contributed by atoms with Crippen molar-refractivity contribution in [2.45, 2.75) is 22.8 Å². The highest BCUT2D eigenvalue weighted by atomic mass is 32.2. The molecule has 0 aliphatic rings. The Morgan fingerprint density at radius 1 is 1.61 bits per heavy atom. The molecule has 1 rings (SSSR count). The lowest BCUT2D eigenvalue weighted by Crippen LogP contribution is -2.25. The first-order valence-electron chi connectivity index (χ1n) is 5.21. The van der Waals surface area contributed by atoms with Crippen molar-refractivity contribution in [3.8, 4) is 0 Å². The Bertz CT molecular complexity index is 509. The molecule has 1 aromatic rings. The first kappa shape index (κ1) is 15.5. The Hall–Kier alpha value is -0.570. The van der Waals surface area contributed by atoms with E-state index in [1.54, 1.807) is 11.8 Å². The third-order valence-corrected chi connectivity index (χ3v) is 6.27. The standard InChI is InChI=1S/C10H15NO4S3/c1-7(16-2)3-4-11-18(14,15)9-5-8(6-17-9)10(12)13/h5-7,11H,3-4H2,1-2H3,(H,12,13). The van der Waals surface area contributed by atoms with Crippen molar-refractivity contribution in [3.05, 3.63) is 17.0 Å². The number of carboxylic acid groups (broad SMARTS) is 1. The molecule has 18 heavy (non-hydrogen) atoms. The Morgan fingerprint density at radius 3 is 2.78 bits per heavy atom. The van der Waals surface area contributed by atoms with Crippen LogP contribution in [0.1, 0.15) is 23.7 Å². The van der Waals surface area contributed by atoms with Crippen LogP contribution in [0, 0.1) is 0 Å². The van der Waals surface area contributed by atoms with Crippen molar-refractivity contribution < 1.29 is 18.3 Å². The van der Waals surface area contributed by atoms with Gasteiger partial charge in [-0.3, -0.25) is 0 Å². The highest BCUT2D eigenvalue weighted by Gasteiger charge is 2.18. The van der Waals surface area contributed by atoms with Gasteiger partial charge in [0, 0.05) is 17.2 Å². The zero-order chi connectivity index (χ0) is 13.8. The van der Waals surface area contributed by atoms with Crippen LogP contribution in [0.15, 0.2) is 15.7 Å². The Morgan fingerprint density at radius 2 is 2.28 bits per heavy atom. The lowest BCUT2D eigenvalue weighted by Gasteiger charge is -2.08. The van der Waals surface area contributed by atoms with E-state index in [4.69, 9.17) is 5.11 Å². The Balaban J connectivity index is 2.65. The van der Waals surface area contributed by atoms with Crippen molar-refractivity contribution >= 4 is 39.1 Å². The van der Waals surface area contributed by atoms with Crippen molar-refractivity contribution in [1.29, 1.82) is 0 Å². The molecule has 2 N–H and O–H groups in total. The molecule has 5 nitrogen and oxygen atoms in total. The summed E-state index contributed by atoms with van der Waals surface area (Å²) in [6, 6.07) is 1.17. The molecule has 0 saturated carbocycles. The van der Waals surface area contributed by atoms with Gasteiger partial charge in [-0.2, -0.15) is 11.8 Å². The molecule has 0 spiro atoms. The summed E-state index contributed by atoms with van der Waals surface area (Å²) in [7, 11) is -3.58. The molecule has 1 unspecified atom stereocenters. The van der Waals surface area contributed by atoms with E-state index in [2.05, 4.69) is 4.72 Å². The summed E-state index contributed by atoms with van der Waals surface area (Å²) in [5.74, 6) is -1.12. The summed E-state index contributed by atoms with van der Waals surface area (Å²) in [6.45, 7) is 2.37. The fourth-order valence-electron chi connectivity index (χ4n) is 1.16. The molecule has 0 saturated heterocycles. The summed E-state index contributed by atoms with van der Waals surface area (Å²) in [6.07, 6.45) is 2.70. The van der Waals surface area contributed by atoms with Gasteiger partial charge in [0.1, 0.15) is 4.21 Å². The van der Waals surface area contributed by atoms with Crippen molar-refractivity contribution in [2.24, 2.45) is 0 Å². The Kier molecular flexibility index (Phi) is 5.64. The second-order valence-corrected chi connectivity index (χ2v) is 7.87. The number of aromatic carboxylic acids is 1. The number of hydrogen-bond donors (Lipinski definition) is 2. The third-order valence-electron chi connectivity index (χ3n) is 2.33. The first-order chi connectivity index (χ1) is 8.36. The molecule has 1 atom stereocenters. The number of rotatable bonds is 7. The number of nitrogens with one attached hydrogen (secondary N) is 1. The molecule has 1 heterocycles. The van der Waals surface area contributed by atoms with E-state index < -0.39 is 16.0 Å². The van der Waals surface area contributed by atoms with Gasteiger partial charge in [0.05, 0.1) is 5.56 Å². The van der Waals surface area contributed by atoms with Gasteiger partial charge in [-0.05, 0) is 18.7 Å². The number of carboxylic acids is 1. The summed E-state index contributed by atoms with van der Waals surface area (Å²) in [5.41, 5.74) is -0.00198. The van der Waals surface area contributed by atoms with Gasteiger partial charge >= 0.3 is 5.97 Å². The van der Waals surface area contributed by atoms with Crippen LogP contribution < -0.4 is 4.72 Å². The second-order valence-electron chi connectivity index (χ2n) is 3.69. The van der Waals surface area contributed by atoms with Gasteiger partial charge in [-0.1, -0.05) is 6.92 Å². The van der Waals surface area contributed by atoms with Gasteiger partial charge in [0.15, 0.2) is 0 Å². The van der Waals surface area contributed by atoms with E-state index in [0.29, 0.717) is 11.8 Å². The van der Waals surface area contributed by atoms with Gasteiger partial charge < -0.3 is 5.11 Å². The molecular formula is C10H15NO4S3.